The van der Waals surface area contributed by atoms with E-state index in [9.17, 15) is 8.78 Å². The molecule has 12 heavy (non-hydrogen) atoms. The van der Waals surface area contributed by atoms with E-state index in [-0.39, 0.29) is 5.75 Å². The van der Waals surface area contributed by atoms with E-state index in [0.717, 1.165) is 12.1 Å². The number of hydrogen-bond donors (Lipinski definition) is 0. The van der Waals surface area contributed by atoms with Gasteiger partial charge in [-0.25, -0.2) is 4.39 Å². The monoisotopic (exact) mass is 286 g/mol. The van der Waals surface area contributed by atoms with Gasteiger partial charge in [0.2, 0.25) is 0 Å². The van der Waals surface area contributed by atoms with Crippen molar-refractivity contribution < 1.29 is 29.9 Å². The van der Waals surface area contributed by atoms with Crippen molar-refractivity contribution in [3.8, 4) is 5.75 Å². The van der Waals surface area contributed by atoms with Crippen LogP contribution in [0.4, 0.5) is 8.78 Å². The van der Waals surface area contributed by atoms with Crippen molar-refractivity contribution in [2.45, 2.75) is 0 Å². The number of benzene rings is 1. The summed E-state index contributed by atoms with van der Waals surface area (Å²) in [6.45, 7) is 0. The quantitative estimate of drug-likeness (QED) is 0.570. The Morgan fingerprint density at radius 1 is 1.42 bits per heavy atom. The Balaban J connectivity index is 0.000000561. The molecule has 0 N–H and O–H groups in total. The summed E-state index contributed by atoms with van der Waals surface area (Å²) >= 11 is 4.25. The molecule has 0 spiro atoms. The second kappa shape index (κ2) is 6.49. The molecule has 62 valence electrons. The topological polar surface area (TPSA) is 9.23 Å². The Morgan fingerprint density at radius 2 is 2.00 bits per heavy atom. The van der Waals surface area contributed by atoms with Crippen molar-refractivity contribution in [3.05, 3.63) is 29.8 Å². The molecule has 0 aliphatic carbocycles. The molecule has 1 nitrogen and oxygen atoms in total. The first-order valence-electron chi connectivity index (χ1n) is 2.91. The van der Waals surface area contributed by atoms with Crippen LogP contribution in [-0.4, -0.2) is 7.11 Å². The zero-order chi connectivity index (χ0) is 9.56. The third kappa shape index (κ3) is 3.59. The normalized spacial score (nSPS) is 8.50. The van der Waals surface area contributed by atoms with E-state index in [1.54, 1.807) is 0 Å². The van der Waals surface area contributed by atoms with Crippen LogP contribution in [0.2, 0.25) is 0 Å². The first-order valence-corrected chi connectivity index (χ1v) is 9.86. The molecule has 0 unspecified atom stereocenters. The molecule has 0 amide bonds. The molecule has 0 saturated heterocycles. The summed E-state index contributed by atoms with van der Waals surface area (Å²) in [5, 5.41) is 0. The Morgan fingerprint density at radius 3 is 2.42 bits per heavy atom. The van der Waals surface area contributed by atoms with E-state index in [1.165, 1.54) is 23.5 Å². The van der Waals surface area contributed by atoms with Gasteiger partial charge in [-0.05, 0) is 0 Å². The van der Waals surface area contributed by atoms with Gasteiger partial charge >= 0.3 is 30.0 Å². The zero-order valence-corrected chi connectivity index (χ0v) is 11.0. The maximum absolute atomic E-state index is 12.3. The Kier molecular flexibility index (Phi) is 6.49. The Hall–Kier alpha value is -0.0166. The van der Waals surface area contributed by atoms with Gasteiger partial charge in [-0.3, -0.25) is 4.39 Å². The summed E-state index contributed by atoms with van der Waals surface area (Å²) in [4.78, 5) is 0. The van der Waals surface area contributed by atoms with Crippen molar-refractivity contribution in [2.75, 3.05) is 7.11 Å². The molecule has 1 aromatic rings. The van der Waals surface area contributed by atoms with Gasteiger partial charge in [-0.2, -0.15) is 0 Å². The predicted molar refractivity (Wildman–Crippen MR) is 40.7 cm³/mol. The van der Waals surface area contributed by atoms with Crippen molar-refractivity contribution in [1.82, 2.24) is 0 Å². The molecule has 0 fully saturated rings. The molecule has 1 aromatic carbocycles. The van der Waals surface area contributed by atoms with Crippen LogP contribution < -0.4 is 4.74 Å². The molecular weight excluding hydrogens is 283 g/mol. The van der Waals surface area contributed by atoms with Crippen LogP contribution in [0.1, 0.15) is 0 Å². The first-order chi connectivity index (χ1) is 5.74. The molecule has 1 rings (SSSR count). The van der Waals surface area contributed by atoms with Crippen LogP contribution in [0.3, 0.4) is 0 Å². The third-order valence-corrected chi connectivity index (χ3v) is 1.05. The van der Waals surface area contributed by atoms with Crippen LogP contribution in [-0.2, 0) is 16.3 Å². The van der Waals surface area contributed by atoms with Crippen molar-refractivity contribution in [2.24, 2.45) is 0 Å². The van der Waals surface area contributed by atoms with Crippen molar-refractivity contribution in [1.29, 1.82) is 0 Å². The van der Waals surface area contributed by atoms with Crippen molar-refractivity contribution >= 4 is 13.6 Å². The van der Waals surface area contributed by atoms with E-state index in [4.69, 9.17) is 0 Å². The minimum atomic E-state index is -0.921. The third-order valence-electron chi connectivity index (χ3n) is 1.05. The summed E-state index contributed by atoms with van der Waals surface area (Å²) in [7, 11) is 1.36. The second-order valence-electron chi connectivity index (χ2n) is 1.70. The van der Waals surface area contributed by atoms with Gasteiger partial charge < -0.3 is 4.74 Å². The molecule has 0 aliphatic heterocycles. The van der Waals surface area contributed by atoms with Crippen molar-refractivity contribution in [3.63, 3.8) is 0 Å². The molecule has 0 heterocycles. The molecule has 0 atom stereocenters. The van der Waals surface area contributed by atoms with E-state index in [1.807, 2.05) is 0 Å². The average molecular weight is 288 g/mol. The second-order valence-corrected chi connectivity index (χ2v) is 1.70. The molecular formula is C7H5BrF2OZn. The van der Waals surface area contributed by atoms with E-state index in [0.29, 0.717) is 0 Å². The molecule has 0 bridgehead atoms. The maximum atomic E-state index is 12.3. The SMILES string of the molecule is COc1[c-]cc(F)c(F)c1.[Zn+][Br]. The Bertz CT molecular complexity index is 245. The van der Waals surface area contributed by atoms with E-state index in [2.05, 4.69) is 24.4 Å². The minimum absolute atomic E-state index is 0.193. The number of halogens is 3. The van der Waals surface area contributed by atoms with Gasteiger partial charge in [0.15, 0.2) is 0 Å². The number of rotatable bonds is 1. The van der Waals surface area contributed by atoms with Gasteiger partial charge in [0, 0.05) is 11.6 Å². The van der Waals surface area contributed by atoms with E-state index < -0.39 is 11.6 Å². The van der Waals surface area contributed by atoms with Crippen LogP contribution in [0.5, 0.6) is 5.75 Å². The van der Waals surface area contributed by atoms with Gasteiger partial charge in [0.25, 0.3) is 0 Å². The summed E-state index contributed by atoms with van der Waals surface area (Å²) in [5.41, 5.74) is 0. The molecule has 0 radical (unpaired) electrons. The number of ether oxygens (including phenoxy) is 1. The fraction of sp³-hybridized carbons (Fsp3) is 0.143. The summed E-state index contributed by atoms with van der Waals surface area (Å²) in [6, 6.07) is 4.23. The van der Waals surface area contributed by atoms with Gasteiger partial charge in [-0.15, -0.1) is 12.1 Å². The van der Waals surface area contributed by atoms with Crippen LogP contribution in [0.25, 0.3) is 0 Å². The molecule has 0 aliphatic rings. The standard InChI is InChI=1S/C7H5F2O.BrH.Zn/c1-10-5-2-3-6(8)7(9)4-5;;/h3-4H,1H3;1H;/q-1;;+2/p-1. The average Bonchev–Trinajstić information content (AvgIpc) is 2.13. The zero-order valence-electron chi connectivity index (χ0n) is 6.40. The van der Waals surface area contributed by atoms with Gasteiger partial charge in [-0.1, -0.05) is 6.07 Å². The van der Waals surface area contributed by atoms with Gasteiger partial charge in [0.1, 0.15) is 0 Å². The predicted octanol–water partition coefficient (Wildman–Crippen LogP) is 2.62. The van der Waals surface area contributed by atoms with Crippen LogP contribution >= 0.6 is 13.6 Å². The molecule has 5 heteroatoms. The fourth-order valence-corrected chi connectivity index (χ4v) is 0.547. The molecule has 0 aromatic heterocycles. The van der Waals surface area contributed by atoms with E-state index >= 15 is 0 Å². The summed E-state index contributed by atoms with van der Waals surface area (Å²) in [6.07, 6.45) is 0. The number of hydrogen-bond acceptors (Lipinski definition) is 1. The summed E-state index contributed by atoms with van der Waals surface area (Å²) in [5.74, 6) is -1.64. The number of methoxy groups -OCH3 is 1. The fourth-order valence-electron chi connectivity index (χ4n) is 0.547. The Labute approximate surface area is 86.1 Å². The van der Waals surface area contributed by atoms with Crippen LogP contribution in [0, 0.1) is 17.7 Å². The van der Waals surface area contributed by atoms with Gasteiger partial charge in [0.05, 0.1) is 12.9 Å². The molecule has 0 saturated carbocycles. The summed E-state index contributed by atoms with van der Waals surface area (Å²) < 4.78 is 29.1. The van der Waals surface area contributed by atoms with Crippen LogP contribution in [0.15, 0.2) is 12.1 Å². The first kappa shape index (κ1) is 12.0.